The lowest BCUT2D eigenvalue weighted by Crippen LogP contribution is -2.54. The summed E-state index contributed by atoms with van der Waals surface area (Å²) in [7, 11) is 0. The SMILES string of the molecule is NC(=O)C(CCc1cccnc1)(NCCc1cccnc1)c1ccccc1F. The van der Waals surface area contributed by atoms with Gasteiger partial charge in [-0.05, 0) is 48.6 Å². The van der Waals surface area contributed by atoms with Gasteiger partial charge in [0.1, 0.15) is 11.4 Å². The standard InChI is InChI=1S/C22H23FN4O/c23-20-8-2-1-7-19(20)22(21(24)28,11-9-17-5-3-12-25-15-17)27-14-10-18-6-4-13-26-16-18/h1-8,12-13,15-16,27H,9-11,14H2,(H2,24,28). The first kappa shape index (κ1) is 19.6. The Morgan fingerprint density at radius 1 is 0.964 bits per heavy atom. The van der Waals surface area contributed by atoms with Gasteiger partial charge in [0, 0.05) is 36.9 Å². The van der Waals surface area contributed by atoms with E-state index >= 15 is 0 Å². The molecule has 1 amide bonds. The number of primary amides is 1. The Kier molecular flexibility index (Phi) is 6.45. The van der Waals surface area contributed by atoms with Crippen LogP contribution in [0, 0.1) is 5.82 Å². The van der Waals surface area contributed by atoms with Crippen LogP contribution in [0.15, 0.2) is 73.3 Å². The zero-order valence-corrected chi connectivity index (χ0v) is 15.5. The van der Waals surface area contributed by atoms with Crippen LogP contribution in [-0.2, 0) is 23.2 Å². The minimum Gasteiger partial charge on any atom is -0.368 e. The third-order valence-electron chi connectivity index (χ3n) is 4.83. The number of nitrogens with zero attached hydrogens (tertiary/aromatic N) is 2. The maximum atomic E-state index is 14.7. The fourth-order valence-electron chi connectivity index (χ4n) is 3.31. The van der Waals surface area contributed by atoms with Gasteiger partial charge in [-0.1, -0.05) is 30.3 Å². The Balaban J connectivity index is 1.86. The molecule has 2 aromatic heterocycles. The maximum Gasteiger partial charge on any atom is 0.242 e. The lowest BCUT2D eigenvalue weighted by Gasteiger charge is -2.33. The molecule has 1 aromatic carbocycles. The number of nitrogens with one attached hydrogen (secondary N) is 1. The van der Waals surface area contributed by atoms with E-state index < -0.39 is 17.3 Å². The smallest absolute Gasteiger partial charge is 0.242 e. The molecular formula is C22H23FN4O. The van der Waals surface area contributed by atoms with Crippen molar-refractivity contribution in [1.29, 1.82) is 0 Å². The monoisotopic (exact) mass is 378 g/mol. The molecule has 3 rings (SSSR count). The van der Waals surface area contributed by atoms with Crippen molar-refractivity contribution in [3.05, 3.63) is 95.8 Å². The van der Waals surface area contributed by atoms with Crippen molar-refractivity contribution >= 4 is 5.91 Å². The van der Waals surface area contributed by atoms with Gasteiger partial charge in [0.05, 0.1) is 0 Å². The minimum absolute atomic E-state index is 0.262. The number of rotatable bonds is 9. The number of amides is 1. The number of hydrogen-bond donors (Lipinski definition) is 2. The van der Waals surface area contributed by atoms with Crippen molar-refractivity contribution in [3.63, 3.8) is 0 Å². The molecule has 5 nitrogen and oxygen atoms in total. The maximum absolute atomic E-state index is 14.7. The molecule has 3 N–H and O–H groups in total. The Hall–Kier alpha value is -3.12. The van der Waals surface area contributed by atoms with E-state index in [4.69, 9.17) is 5.73 Å². The lowest BCUT2D eigenvalue weighted by molar-refractivity contribution is -0.125. The minimum atomic E-state index is -1.32. The van der Waals surface area contributed by atoms with Gasteiger partial charge >= 0.3 is 0 Å². The van der Waals surface area contributed by atoms with Gasteiger partial charge in [0.15, 0.2) is 0 Å². The molecule has 2 heterocycles. The molecule has 0 spiro atoms. The van der Waals surface area contributed by atoms with Crippen LogP contribution < -0.4 is 11.1 Å². The van der Waals surface area contributed by atoms with Crippen LogP contribution in [0.5, 0.6) is 0 Å². The van der Waals surface area contributed by atoms with Crippen LogP contribution in [0.3, 0.4) is 0 Å². The highest BCUT2D eigenvalue weighted by atomic mass is 19.1. The van der Waals surface area contributed by atoms with E-state index in [1.54, 1.807) is 43.0 Å². The molecule has 1 atom stereocenters. The Bertz CT molecular complexity index is 905. The number of benzene rings is 1. The van der Waals surface area contributed by atoms with Gasteiger partial charge in [0.25, 0.3) is 0 Å². The first-order chi connectivity index (χ1) is 13.6. The predicted molar refractivity (Wildman–Crippen MR) is 106 cm³/mol. The summed E-state index contributed by atoms with van der Waals surface area (Å²) in [6.07, 6.45) is 8.40. The van der Waals surface area contributed by atoms with Crippen molar-refractivity contribution in [3.8, 4) is 0 Å². The van der Waals surface area contributed by atoms with Crippen molar-refractivity contribution in [2.75, 3.05) is 6.54 Å². The second-order valence-electron chi connectivity index (χ2n) is 6.65. The van der Waals surface area contributed by atoms with Gasteiger partial charge in [-0.15, -0.1) is 0 Å². The second kappa shape index (κ2) is 9.19. The highest BCUT2D eigenvalue weighted by molar-refractivity contribution is 5.86. The van der Waals surface area contributed by atoms with Crippen molar-refractivity contribution in [2.45, 2.75) is 24.8 Å². The third kappa shape index (κ3) is 4.58. The van der Waals surface area contributed by atoms with Crippen molar-refractivity contribution in [2.24, 2.45) is 5.73 Å². The number of carbonyl (C=O) groups excluding carboxylic acids is 1. The van der Waals surface area contributed by atoms with Crippen LogP contribution in [0.25, 0.3) is 0 Å². The second-order valence-corrected chi connectivity index (χ2v) is 6.65. The van der Waals surface area contributed by atoms with Gasteiger partial charge in [-0.2, -0.15) is 0 Å². The molecule has 3 aromatic rings. The average molecular weight is 378 g/mol. The number of nitrogens with two attached hydrogens (primary N) is 1. The van der Waals surface area contributed by atoms with Crippen LogP contribution in [0.1, 0.15) is 23.1 Å². The summed E-state index contributed by atoms with van der Waals surface area (Å²) >= 11 is 0. The normalized spacial score (nSPS) is 13.0. The number of aromatic nitrogens is 2. The third-order valence-corrected chi connectivity index (χ3v) is 4.83. The molecule has 28 heavy (non-hydrogen) atoms. The van der Waals surface area contributed by atoms with E-state index in [9.17, 15) is 9.18 Å². The molecule has 0 aliphatic carbocycles. The Morgan fingerprint density at radius 3 is 2.18 bits per heavy atom. The molecule has 0 saturated carbocycles. The summed E-state index contributed by atoms with van der Waals surface area (Å²) in [4.78, 5) is 20.8. The molecule has 1 unspecified atom stereocenters. The topological polar surface area (TPSA) is 80.9 Å². The predicted octanol–water partition coefficient (Wildman–Crippen LogP) is 2.76. The van der Waals surface area contributed by atoms with E-state index in [1.807, 2.05) is 24.3 Å². The number of hydrogen-bond acceptors (Lipinski definition) is 4. The molecule has 0 fully saturated rings. The van der Waals surface area contributed by atoms with Crippen LogP contribution in [-0.4, -0.2) is 22.4 Å². The Morgan fingerprint density at radius 2 is 1.61 bits per heavy atom. The van der Waals surface area contributed by atoms with Crippen LogP contribution >= 0.6 is 0 Å². The summed E-state index contributed by atoms with van der Waals surface area (Å²) in [6, 6.07) is 13.8. The van der Waals surface area contributed by atoms with E-state index in [-0.39, 0.29) is 5.56 Å². The van der Waals surface area contributed by atoms with Gasteiger partial charge in [-0.25, -0.2) is 4.39 Å². The lowest BCUT2D eigenvalue weighted by atomic mass is 9.83. The largest absolute Gasteiger partial charge is 0.368 e. The fraction of sp³-hybridized carbons (Fsp3) is 0.227. The van der Waals surface area contributed by atoms with E-state index in [0.717, 1.165) is 11.1 Å². The van der Waals surface area contributed by atoms with E-state index in [2.05, 4.69) is 15.3 Å². The molecule has 144 valence electrons. The molecule has 0 aliphatic rings. The molecule has 0 radical (unpaired) electrons. The molecule has 6 heteroatoms. The van der Waals surface area contributed by atoms with Gasteiger partial charge in [-0.3, -0.25) is 20.1 Å². The zero-order chi connectivity index (χ0) is 19.8. The molecular weight excluding hydrogens is 355 g/mol. The Labute approximate surface area is 163 Å². The first-order valence-corrected chi connectivity index (χ1v) is 9.19. The summed E-state index contributed by atoms with van der Waals surface area (Å²) in [5.41, 5.74) is 6.75. The number of pyridine rings is 2. The van der Waals surface area contributed by atoms with Gasteiger partial charge in [0.2, 0.25) is 5.91 Å². The summed E-state index contributed by atoms with van der Waals surface area (Å²) in [5.74, 6) is -1.06. The van der Waals surface area contributed by atoms with Crippen LogP contribution in [0.2, 0.25) is 0 Å². The number of halogens is 1. The van der Waals surface area contributed by atoms with E-state index in [0.29, 0.717) is 25.8 Å². The quantitative estimate of drug-likeness (QED) is 0.600. The summed E-state index contributed by atoms with van der Waals surface area (Å²) in [5, 5.41) is 3.25. The van der Waals surface area contributed by atoms with Crippen molar-refractivity contribution in [1.82, 2.24) is 15.3 Å². The molecule has 0 saturated heterocycles. The highest BCUT2D eigenvalue weighted by Gasteiger charge is 2.39. The summed E-state index contributed by atoms with van der Waals surface area (Å²) in [6.45, 7) is 0.454. The van der Waals surface area contributed by atoms with E-state index in [1.165, 1.54) is 6.07 Å². The summed E-state index contributed by atoms with van der Waals surface area (Å²) < 4.78 is 14.7. The fourth-order valence-corrected chi connectivity index (χ4v) is 3.31. The number of carbonyl (C=O) groups is 1. The highest BCUT2D eigenvalue weighted by Crippen LogP contribution is 2.29. The number of aryl methyl sites for hydroxylation is 1. The average Bonchev–Trinajstić information content (AvgIpc) is 2.72. The molecule has 0 aliphatic heterocycles. The zero-order valence-electron chi connectivity index (χ0n) is 15.5. The van der Waals surface area contributed by atoms with Crippen molar-refractivity contribution < 1.29 is 9.18 Å². The first-order valence-electron chi connectivity index (χ1n) is 9.19. The molecule has 0 bridgehead atoms. The van der Waals surface area contributed by atoms with Crippen LogP contribution in [0.4, 0.5) is 4.39 Å². The van der Waals surface area contributed by atoms with Gasteiger partial charge < -0.3 is 5.73 Å².